The summed E-state index contributed by atoms with van der Waals surface area (Å²) in [5.41, 5.74) is 0. The number of likely N-dealkylation sites (tertiary alicyclic amines) is 1. The second-order valence-corrected chi connectivity index (χ2v) is 5.81. The van der Waals surface area contributed by atoms with Gasteiger partial charge in [0.05, 0.1) is 6.54 Å². The van der Waals surface area contributed by atoms with E-state index in [0.29, 0.717) is 30.3 Å². The predicted molar refractivity (Wildman–Crippen MR) is 77.8 cm³/mol. The Kier molecular flexibility index (Phi) is 3.74. The van der Waals surface area contributed by atoms with Crippen LogP contribution in [0.4, 0.5) is 5.13 Å². The van der Waals surface area contributed by atoms with Crippen molar-refractivity contribution in [2.45, 2.75) is 32.4 Å². The summed E-state index contributed by atoms with van der Waals surface area (Å²) in [6.07, 6.45) is 2.54. The molecule has 21 heavy (non-hydrogen) atoms. The van der Waals surface area contributed by atoms with Gasteiger partial charge < -0.3 is 14.6 Å². The molecule has 1 fully saturated rings. The van der Waals surface area contributed by atoms with Gasteiger partial charge in [0.25, 0.3) is 0 Å². The van der Waals surface area contributed by atoms with Crippen molar-refractivity contribution in [3.8, 4) is 0 Å². The number of aryl methyl sites for hydroxylation is 1. The van der Waals surface area contributed by atoms with Crippen LogP contribution in [0, 0.1) is 6.92 Å². The quantitative estimate of drug-likeness (QED) is 0.939. The van der Waals surface area contributed by atoms with E-state index in [1.165, 1.54) is 11.3 Å². The molecule has 0 saturated carbocycles. The maximum atomic E-state index is 12.3. The van der Waals surface area contributed by atoms with Crippen molar-refractivity contribution in [1.82, 2.24) is 9.88 Å². The summed E-state index contributed by atoms with van der Waals surface area (Å²) in [7, 11) is 0. The number of furan rings is 1. The third-order valence-corrected chi connectivity index (χ3v) is 4.10. The smallest absolute Gasteiger partial charge is 0.248 e. The molecule has 110 valence electrons. The topological polar surface area (TPSA) is 75.4 Å². The van der Waals surface area contributed by atoms with Crippen LogP contribution in [0.3, 0.4) is 0 Å². The van der Waals surface area contributed by atoms with Crippen LogP contribution in [-0.2, 0) is 16.1 Å². The lowest BCUT2D eigenvalue weighted by molar-refractivity contribution is -0.134. The largest absolute Gasteiger partial charge is 0.464 e. The monoisotopic (exact) mass is 305 g/mol. The summed E-state index contributed by atoms with van der Waals surface area (Å²) in [5.74, 6) is 1.26. The number of hydrogen-bond donors (Lipinski definition) is 1. The summed E-state index contributed by atoms with van der Waals surface area (Å²) in [5, 5.41) is 5.09. The maximum Gasteiger partial charge on any atom is 0.248 e. The number of carbonyl (C=O) groups is 2. The van der Waals surface area contributed by atoms with Crippen molar-refractivity contribution in [2.24, 2.45) is 0 Å². The molecule has 3 heterocycles. The number of nitrogens with zero attached hydrogens (tertiary/aromatic N) is 2. The second kappa shape index (κ2) is 5.69. The zero-order chi connectivity index (χ0) is 14.8. The lowest BCUT2D eigenvalue weighted by atomic mass is 10.2. The maximum absolute atomic E-state index is 12.3. The lowest BCUT2D eigenvalue weighted by Gasteiger charge is -2.22. The van der Waals surface area contributed by atoms with Crippen LogP contribution >= 0.6 is 11.3 Å². The highest BCUT2D eigenvalue weighted by Crippen LogP contribution is 2.24. The highest BCUT2D eigenvalue weighted by Gasteiger charge is 2.36. The summed E-state index contributed by atoms with van der Waals surface area (Å²) < 4.78 is 5.49. The summed E-state index contributed by atoms with van der Waals surface area (Å²) in [4.78, 5) is 29.9. The number of nitrogens with one attached hydrogen (secondary N) is 1. The average molecular weight is 305 g/mol. The average Bonchev–Trinajstić information content (AvgIpc) is 3.15. The Hall–Kier alpha value is -2.15. The number of hydrogen-bond acceptors (Lipinski definition) is 5. The zero-order valence-electron chi connectivity index (χ0n) is 11.5. The Morgan fingerprint density at radius 1 is 1.57 bits per heavy atom. The fourth-order valence-corrected chi connectivity index (χ4v) is 2.95. The molecule has 0 radical (unpaired) electrons. The van der Waals surface area contributed by atoms with E-state index < -0.39 is 6.04 Å². The van der Waals surface area contributed by atoms with E-state index in [1.54, 1.807) is 16.5 Å². The molecular formula is C14H15N3O3S. The molecule has 0 aromatic carbocycles. The van der Waals surface area contributed by atoms with Gasteiger partial charge >= 0.3 is 0 Å². The third kappa shape index (κ3) is 2.97. The van der Waals surface area contributed by atoms with Crippen LogP contribution in [0.5, 0.6) is 0 Å². The van der Waals surface area contributed by atoms with E-state index in [2.05, 4.69) is 10.3 Å². The van der Waals surface area contributed by atoms with Gasteiger partial charge in [0.15, 0.2) is 5.13 Å². The molecule has 0 spiro atoms. The number of amides is 2. The second-order valence-electron chi connectivity index (χ2n) is 4.91. The number of carbonyl (C=O) groups excluding carboxylic acids is 2. The van der Waals surface area contributed by atoms with Crippen molar-refractivity contribution in [3.05, 3.63) is 35.2 Å². The predicted octanol–water partition coefficient (Wildman–Crippen LogP) is 2.17. The first-order chi connectivity index (χ1) is 10.1. The van der Waals surface area contributed by atoms with Gasteiger partial charge in [0, 0.05) is 18.0 Å². The molecular weight excluding hydrogens is 290 g/mol. The number of rotatable bonds is 4. The van der Waals surface area contributed by atoms with E-state index in [9.17, 15) is 9.59 Å². The first-order valence-electron chi connectivity index (χ1n) is 6.68. The Morgan fingerprint density at radius 2 is 2.43 bits per heavy atom. The number of anilines is 1. The standard InChI is InChI=1S/C14H15N3O3S/c1-9-2-3-10(20-9)8-17-11(4-5-12(17)18)13(19)16-14-15-6-7-21-14/h2-3,6-7,11H,4-5,8H2,1H3,(H,15,16,19)/t11-/m0/s1. The van der Waals surface area contributed by atoms with Gasteiger partial charge in [0.2, 0.25) is 11.8 Å². The minimum Gasteiger partial charge on any atom is -0.464 e. The molecule has 0 unspecified atom stereocenters. The lowest BCUT2D eigenvalue weighted by Crippen LogP contribution is -2.41. The molecule has 2 aromatic rings. The van der Waals surface area contributed by atoms with Crippen molar-refractivity contribution in [1.29, 1.82) is 0 Å². The molecule has 0 bridgehead atoms. The van der Waals surface area contributed by atoms with E-state index in [-0.39, 0.29) is 11.8 Å². The molecule has 2 amide bonds. The Morgan fingerprint density at radius 3 is 3.10 bits per heavy atom. The molecule has 6 nitrogen and oxygen atoms in total. The number of aromatic nitrogens is 1. The van der Waals surface area contributed by atoms with Crippen LogP contribution < -0.4 is 5.32 Å². The van der Waals surface area contributed by atoms with Gasteiger partial charge in [-0.05, 0) is 25.5 Å². The van der Waals surface area contributed by atoms with Gasteiger partial charge in [0.1, 0.15) is 17.6 Å². The minimum atomic E-state index is -0.466. The molecule has 7 heteroatoms. The summed E-state index contributed by atoms with van der Waals surface area (Å²) >= 11 is 1.35. The van der Waals surface area contributed by atoms with Crippen molar-refractivity contribution >= 4 is 28.3 Å². The normalized spacial score (nSPS) is 18.2. The van der Waals surface area contributed by atoms with Crippen LogP contribution in [-0.4, -0.2) is 27.7 Å². The van der Waals surface area contributed by atoms with Crippen LogP contribution in [0.15, 0.2) is 28.1 Å². The van der Waals surface area contributed by atoms with Crippen LogP contribution in [0.25, 0.3) is 0 Å². The highest BCUT2D eigenvalue weighted by atomic mass is 32.1. The zero-order valence-corrected chi connectivity index (χ0v) is 12.4. The minimum absolute atomic E-state index is 0.0247. The van der Waals surface area contributed by atoms with Crippen molar-refractivity contribution in [3.63, 3.8) is 0 Å². The van der Waals surface area contributed by atoms with E-state index in [0.717, 1.165) is 5.76 Å². The Bertz CT molecular complexity index is 650. The van der Waals surface area contributed by atoms with E-state index >= 15 is 0 Å². The van der Waals surface area contributed by atoms with Gasteiger partial charge in [-0.15, -0.1) is 11.3 Å². The molecule has 1 aliphatic rings. The fourth-order valence-electron chi connectivity index (χ4n) is 2.42. The van der Waals surface area contributed by atoms with Gasteiger partial charge in [-0.3, -0.25) is 9.59 Å². The first kappa shape index (κ1) is 13.8. The Balaban J connectivity index is 1.71. The Labute approximate surface area is 125 Å². The van der Waals surface area contributed by atoms with Gasteiger partial charge in [-0.25, -0.2) is 4.98 Å². The highest BCUT2D eigenvalue weighted by molar-refractivity contribution is 7.13. The van der Waals surface area contributed by atoms with Gasteiger partial charge in [-0.2, -0.15) is 0 Å². The van der Waals surface area contributed by atoms with Crippen molar-refractivity contribution < 1.29 is 14.0 Å². The molecule has 1 saturated heterocycles. The number of thiazole rings is 1. The van der Waals surface area contributed by atoms with E-state index in [4.69, 9.17) is 4.42 Å². The third-order valence-electron chi connectivity index (χ3n) is 3.42. The molecule has 3 rings (SSSR count). The summed E-state index contributed by atoms with van der Waals surface area (Å²) in [6, 6.07) is 3.21. The molecule has 1 atom stereocenters. The van der Waals surface area contributed by atoms with Gasteiger partial charge in [-0.1, -0.05) is 0 Å². The van der Waals surface area contributed by atoms with E-state index in [1.807, 2.05) is 19.1 Å². The van der Waals surface area contributed by atoms with Crippen LogP contribution in [0.2, 0.25) is 0 Å². The fraction of sp³-hybridized carbons (Fsp3) is 0.357. The molecule has 2 aromatic heterocycles. The molecule has 1 N–H and O–H groups in total. The molecule has 0 aliphatic carbocycles. The summed E-state index contributed by atoms with van der Waals surface area (Å²) in [6.45, 7) is 2.17. The SMILES string of the molecule is Cc1ccc(CN2C(=O)CC[C@H]2C(=O)Nc2nccs2)o1. The van der Waals surface area contributed by atoms with Crippen LogP contribution in [0.1, 0.15) is 24.4 Å². The molecule has 1 aliphatic heterocycles. The first-order valence-corrected chi connectivity index (χ1v) is 7.56. The van der Waals surface area contributed by atoms with Crippen molar-refractivity contribution in [2.75, 3.05) is 5.32 Å².